The Morgan fingerprint density at radius 3 is 2.10 bits per heavy atom. The highest BCUT2D eigenvalue weighted by molar-refractivity contribution is 6.53. The molecule has 108 valence electrons. The molecule has 1 aromatic carbocycles. The molecule has 2 radical (unpaired) electrons. The molecule has 4 heteroatoms. The molecule has 0 saturated carbocycles. The molecule has 1 aliphatic heterocycles. The van der Waals surface area contributed by atoms with Crippen molar-refractivity contribution in [1.82, 2.24) is 0 Å². The lowest BCUT2D eigenvalue weighted by molar-refractivity contribution is 0.00578. The summed E-state index contributed by atoms with van der Waals surface area (Å²) in [6.07, 6.45) is 2.15. The minimum absolute atomic E-state index is 0.0391. The van der Waals surface area contributed by atoms with Crippen LogP contribution in [0.15, 0.2) is 24.3 Å². The van der Waals surface area contributed by atoms with E-state index in [2.05, 4.69) is 58.9 Å². The Kier molecular flexibility index (Phi) is 4.77. The van der Waals surface area contributed by atoms with Crippen LogP contribution in [0.5, 0.6) is 0 Å². The molecule has 0 aliphatic carbocycles. The van der Waals surface area contributed by atoms with Crippen LogP contribution >= 0.6 is 0 Å². The van der Waals surface area contributed by atoms with Crippen LogP contribution < -0.4 is 5.19 Å². The molecule has 2 rings (SSSR count). The Hall–Kier alpha value is -0.578. The zero-order valence-corrected chi connectivity index (χ0v) is 14.3. The molecule has 1 fully saturated rings. The summed E-state index contributed by atoms with van der Waals surface area (Å²) in [5, 5.41) is 1.45. The summed E-state index contributed by atoms with van der Waals surface area (Å²) in [5.41, 5.74) is 0.934. The molecular formula is C16H25BO2Si. The first-order valence-corrected chi connectivity index (χ1v) is 8.67. The summed E-state index contributed by atoms with van der Waals surface area (Å²) < 4.78 is 12.0. The maximum atomic E-state index is 6.01. The maximum Gasteiger partial charge on any atom is 0.457 e. The molecule has 0 unspecified atom stereocenters. The number of rotatable bonds is 5. The highest BCUT2D eigenvalue weighted by Crippen LogP contribution is 2.38. The van der Waals surface area contributed by atoms with Crippen LogP contribution in [0.1, 0.15) is 39.7 Å². The molecule has 1 saturated heterocycles. The second-order valence-electron chi connectivity index (χ2n) is 6.62. The lowest BCUT2D eigenvalue weighted by atomic mass is 9.83. The van der Waals surface area contributed by atoms with Crippen LogP contribution in [-0.4, -0.2) is 27.8 Å². The fourth-order valence-electron chi connectivity index (χ4n) is 2.26. The van der Waals surface area contributed by atoms with Gasteiger partial charge in [-0.15, -0.1) is 0 Å². The van der Waals surface area contributed by atoms with E-state index in [0.717, 1.165) is 22.3 Å². The van der Waals surface area contributed by atoms with Crippen LogP contribution in [0.2, 0.25) is 12.4 Å². The van der Waals surface area contributed by atoms with Crippen molar-refractivity contribution in [2.24, 2.45) is 0 Å². The smallest absolute Gasteiger partial charge is 0.403 e. The van der Waals surface area contributed by atoms with Crippen molar-refractivity contribution in [2.75, 3.05) is 0 Å². The third kappa shape index (κ3) is 3.74. The van der Waals surface area contributed by atoms with Crippen molar-refractivity contribution in [3.05, 3.63) is 29.8 Å². The van der Waals surface area contributed by atoms with Crippen molar-refractivity contribution in [1.29, 1.82) is 0 Å². The Balaban J connectivity index is 1.71. The molecule has 0 amide bonds. The van der Waals surface area contributed by atoms with Crippen molar-refractivity contribution in [3.63, 3.8) is 0 Å². The van der Waals surface area contributed by atoms with E-state index in [-0.39, 0.29) is 18.3 Å². The first-order valence-electron chi connectivity index (χ1n) is 7.46. The molecule has 20 heavy (non-hydrogen) atoms. The maximum absolute atomic E-state index is 6.01. The number of hydrogen-bond donors (Lipinski definition) is 0. The van der Waals surface area contributed by atoms with Gasteiger partial charge in [-0.05, 0) is 40.9 Å². The second-order valence-corrected chi connectivity index (χ2v) is 8.05. The van der Waals surface area contributed by atoms with Crippen molar-refractivity contribution >= 4 is 21.8 Å². The SMILES string of the molecule is Cc1ccc([Si]CCCB2OC(C)(C)C(C)(C)O2)cc1. The minimum Gasteiger partial charge on any atom is -0.403 e. The topological polar surface area (TPSA) is 18.5 Å². The summed E-state index contributed by atoms with van der Waals surface area (Å²) in [6.45, 7) is 10.6. The predicted octanol–water partition coefficient (Wildman–Crippen LogP) is 3.23. The van der Waals surface area contributed by atoms with Gasteiger partial charge < -0.3 is 9.31 Å². The lowest BCUT2D eigenvalue weighted by Crippen LogP contribution is -2.41. The van der Waals surface area contributed by atoms with E-state index < -0.39 is 0 Å². The van der Waals surface area contributed by atoms with Gasteiger partial charge in [-0.3, -0.25) is 0 Å². The third-order valence-corrected chi connectivity index (χ3v) is 5.64. The zero-order chi connectivity index (χ0) is 14.8. The van der Waals surface area contributed by atoms with Gasteiger partial charge in [0.2, 0.25) is 0 Å². The summed E-state index contributed by atoms with van der Waals surface area (Å²) in [7, 11) is 0.845. The molecule has 1 aromatic rings. The van der Waals surface area contributed by atoms with E-state index in [1.54, 1.807) is 0 Å². The van der Waals surface area contributed by atoms with Crippen LogP contribution in [0, 0.1) is 6.92 Å². The van der Waals surface area contributed by atoms with Gasteiger partial charge in [0.15, 0.2) is 0 Å². The predicted molar refractivity (Wildman–Crippen MR) is 86.9 cm³/mol. The molecule has 1 heterocycles. The summed E-state index contributed by atoms with van der Waals surface area (Å²) in [6, 6.07) is 10.1. The fourth-order valence-corrected chi connectivity index (χ4v) is 3.33. The standard InChI is InChI=1S/C16H25BO2Si/c1-13-7-9-14(10-8-13)20-12-6-11-17-18-15(2,3)16(4,5)19-17/h7-10H,6,11-12H2,1-5H3. The Morgan fingerprint density at radius 2 is 1.55 bits per heavy atom. The summed E-state index contributed by atoms with van der Waals surface area (Å²) in [5.74, 6) is 0. The van der Waals surface area contributed by atoms with E-state index in [1.807, 2.05) is 0 Å². The Morgan fingerprint density at radius 1 is 1.00 bits per heavy atom. The molecule has 0 N–H and O–H groups in total. The monoisotopic (exact) mass is 288 g/mol. The van der Waals surface area contributed by atoms with Crippen molar-refractivity contribution in [2.45, 2.75) is 64.6 Å². The first kappa shape index (κ1) is 15.8. The van der Waals surface area contributed by atoms with Gasteiger partial charge in [-0.1, -0.05) is 47.5 Å². The molecule has 2 nitrogen and oxygen atoms in total. The van der Waals surface area contributed by atoms with Gasteiger partial charge in [-0.2, -0.15) is 0 Å². The van der Waals surface area contributed by atoms with Gasteiger partial charge in [0.05, 0.1) is 20.7 Å². The van der Waals surface area contributed by atoms with E-state index in [4.69, 9.17) is 9.31 Å². The first-order chi connectivity index (χ1) is 9.30. The van der Waals surface area contributed by atoms with Crippen LogP contribution in [0.4, 0.5) is 0 Å². The van der Waals surface area contributed by atoms with E-state index >= 15 is 0 Å². The van der Waals surface area contributed by atoms with E-state index in [0.29, 0.717) is 0 Å². The molecule has 1 aliphatic rings. The highest BCUT2D eigenvalue weighted by atomic mass is 28.2. The van der Waals surface area contributed by atoms with Gasteiger partial charge in [0.25, 0.3) is 0 Å². The molecule has 0 bridgehead atoms. The number of hydrogen-bond acceptors (Lipinski definition) is 2. The van der Waals surface area contributed by atoms with E-state index in [9.17, 15) is 0 Å². The molecule has 0 aromatic heterocycles. The van der Waals surface area contributed by atoms with Crippen LogP contribution in [0.25, 0.3) is 0 Å². The summed E-state index contributed by atoms with van der Waals surface area (Å²) in [4.78, 5) is 0. The average molecular weight is 288 g/mol. The average Bonchev–Trinajstić information content (AvgIpc) is 2.56. The number of aryl methyl sites for hydroxylation is 1. The lowest BCUT2D eigenvalue weighted by Gasteiger charge is -2.32. The van der Waals surface area contributed by atoms with Gasteiger partial charge in [0.1, 0.15) is 0 Å². The van der Waals surface area contributed by atoms with Gasteiger partial charge >= 0.3 is 7.12 Å². The normalized spacial score (nSPS) is 20.4. The second kappa shape index (κ2) is 6.04. The zero-order valence-electron chi connectivity index (χ0n) is 13.3. The molecule has 0 atom stereocenters. The fraction of sp³-hybridized carbons (Fsp3) is 0.625. The minimum atomic E-state index is -0.198. The molecular weight excluding hydrogens is 263 g/mol. The van der Waals surface area contributed by atoms with Crippen LogP contribution in [0.3, 0.4) is 0 Å². The van der Waals surface area contributed by atoms with E-state index in [1.165, 1.54) is 16.8 Å². The van der Waals surface area contributed by atoms with Gasteiger partial charge in [0, 0.05) is 0 Å². The van der Waals surface area contributed by atoms with Crippen molar-refractivity contribution in [3.8, 4) is 0 Å². The van der Waals surface area contributed by atoms with Crippen molar-refractivity contribution < 1.29 is 9.31 Å². The quantitative estimate of drug-likeness (QED) is 0.612. The summed E-state index contributed by atoms with van der Waals surface area (Å²) >= 11 is 0. The Bertz CT molecular complexity index is 426. The Labute approximate surface area is 126 Å². The molecule has 0 spiro atoms. The largest absolute Gasteiger partial charge is 0.457 e. The van der Waals surface area contributed by atoms with Crippen LogP contribution in [-0.2, 0) is 9.31 Å². The van der Waals surface area contributed by atoms with Gasteiger partial charge in [-0.25, -0.2) is 0 Å². The number of benzene rings is 1. The highest BCUT2D eigenvalue weighted by Gasteiger charge is 2.50. The third-order valence-electron chi connectivity index (χ3n) is 4.30.